The standard InChI is InChI=1S/C22H27NO7/c1-28-18-9-13-6-7-23-16(8-12-2-4-14(24)5-3-12)15(13)10-19(18)30-22-21(27)20(26)17(25)11-29-22/h2-5,9-10,16-17,20-27H,6-8,11H2,1H3/t16?,17-,20+,21-,22+/m1/s1. The summed E-state index contributed by atoms with van der Waals surface area (Å²) in [6.07, 6.45) is -3.46. The van der Waals surface area contributed by atoms with E-state index in [4.69, 9.17) is 14.2 Å². The SMILES string of the molecule is COc1cc2c(cc1O[C@@H]1OC[C@@H](O)[C@H](O)[C@H]1O)C(Cc1ccc(O)cc1)NCC2. The molecule has 0 aliphatic carbocycles. The summed E-state index contributed by atoms with van der Waals surface area (Å²) < 4.78 is 16.7. The van der Waals surface area contributed by atoms with Gasteiger partial charge in [-0.15, -0.1) is 0 Å². The summed E-state index contributed by atoms with van der Waals surface area (Å²) in [4.78, 5) is 0. The highest BCUT2D eigenvalue weighted by molar-refractivity contribution is 5.50. The fourth-order valence-electron chi connectivity index (χ4n) is 3.96. The number of rotatable bonds is 5. The Morgan fingerprint density at radius 1 is 1.07 bits per heavy atom. The zero-order chi connectivity index (χ0) is 21.3. The molecule has 2 heterocycles. The Labute approximate surface area is 174 Å². The highest BCUT2D eigenvalue weighted by Gasteiger charge is 2.39. The number of benzene rings is 2. The fraction of sp³-hybridized carbons (Fsp3) is 0.455. The Morgan fingerprint density at radius 2 is 1.83 bits per heavy atom. The van der Waals surface area contributed by atoms with Gasteiger partial charge in [0.25, 0.3) is 0 Å². The molecule has 8 heteroatoms. The smallest absolute Gasteiger partial charge is 0.229 e. The maximum absolute atomic E-state index is 10.2. The Balaban J connectivity index is 1.60. The van der Waals surface area contributed by atoms with Crippen LogP contribution < -0.4 is 14.8 Å². The number of nitrogens with one attached hydrogen (secondary N) is 1. The van der Waals surface area contributed by atoms with Gasteiger partial charge in [-0.1, -0.05) is 12.1 Å². The number of ether oxygens (including phenoxy) is 3. The maximum Gasteiger partial charge on any atom is 0.229 e. The highest BCUT2D eigenvalue weighted by atomic mass is 16.7. The molecule has 0 amide bonds. The van der Waals surface area contributed by atoms with Crippen molar-refractivity contribution in [1.82, 2.24) is 5.32 Å². The summed E-state index contributed by atoms with van der Waals surface area (Å²) in [6, 6.07) is 11.0. The van der Waals surface area contributed by atoms with E-state index in [1.165, 1.54) is 0 Å². The monoisotopic (exact) mass is 417 g/mol. The largest absolute Gasteiger partial charge is 0.508 e. The van der Waals surface area contributed by atoms with Gasteiger partial charge >= 0.3 is 0 Å². The van der Waals surface area contributed by atoms with Gasteiger partial charge in [0.15, 0.2) is 11.5 Å². The summed E-state index contributed by atoms with van der Waals surface area (Å²) in [5, 5.41) is 42.8. The number of methoxy groups -OCH3 is 1. The topological polar surface area (TPSA) is 121 Å². The summed E-state index contributed by atoms with van der Waals surface area (Å²) in [5.41, 5.74) is 3.28. The molecule has 0 spiro atoms. The van der Waals surface area contributed by atoms with E-state index < -0.39 is 24.6 Å². The van der Waals surface area contributed by atoms with Gasteiger partial charge in [0.1, 0.15) is 24.1 Å². The molecule has 162 valence electrons. The molecule has 2 aromatic carbocycles. The Morgan fingerprint density at radius 3 is 2.57 bits per heavy atom. The van der Waals surface area contributed by atoms with E-state index >= 15 is 0 Å². The van der Waals surface area contributed by atoms with Crippen LogP contribution in [-0.4, -0.2) is 65.3 Å². The first-order valence-corrected chi connectivity index (χ1v) is 10.0. The highest BCUT2D eigenvalue weighted by Crippen LogP contribution is 2.37. The molecule has 2 aliphatic heterocycles. The van der Waals surface area contributed by atoms with Gasteiger partial charge in [0, 0.05) is 6.04 Å². The number of phenolic OH excluding ortho intramolecular Hbond substituents is 1. The van der Waals surface area contributed by atoms with E-state index in [-0.39, 0.29) is 18.4 Å². The van der Waals surface area contributed by atoms with E-state index in [9.17, 15) is 20.4 Å². The first-order valence-electron chi connectivity index (χ1n) is 10.0. The molecule has 0 saturated carbocycles. The summed E-state index contributed by atoms with van der Waals surface area (Å²) in [5.74, 6) is 1.13. The van der Waals surface area contributed by atoms with Crippen molar-refractivity contribution in [3.05, 3.63) is 53.1 Å². The summed E-state index contributed by atoms with van der Waals surface area (Å²) >= 11 is 0. The number of aliphatic hydroxyl groups excluding tert-OH is 3. The van der Waals surface area contributed by atoms with Crippen LogP contribution in [0.3, 0.4) is 0 Å². The quantitative estimate of drug-likeness (QED) is 0.481. The molecule has 0 radical (unpaired) electrons. The molecule has 5 N–H and O–H groups in total. The maximum atomic E-state index is 10.2. The second kappa shape index (κ2) is 8.79. The van der Waals surface area contributed by atoms with Crippen LogP contribution in [0.15, 0.2) is 36.4 Å². The van der Waals surface area contributed by atoms with Crippen LogP contribution in [0.2, 0.25) is 0 Å². The van der Waals surface area contributed by atoms with Gasteiger partial charge in [-0.25, -0.2) is 0 Å². The number of aromatic hydroxyl groups is 1. The van der Waals surface area contributed by atoms with Crippen molar-refractivity contribution in [3.8, 4) is 17.2 Å². The number of hydrogen-bond acceptors (Lipinski definition) is 8. The lowest BCUT2D eigenvalue weighted by Gasteiger charge is -2.35. The molecule has 2 aliphatic rings. The average molecular weight is 417 g/mol. The predicted molar refractivity (Wildman–Crippen MR) is 108 cm³/mol. The number of aliphatic hydroxyl groups is 3. The average Bonchev–Trinajstić information content (AvgIpc) is 2.75. The van der Waals surface area contributed by atoms with Crippen LogP contribution in [0.25, 0.3) is 0 Å². The van der Waals surface area contributed by atoms with Gasteiger partial charge in [0.05, 0.1) is 13.7 Å². The van der Waals surface area contributed by atoms with E-state index in [2.05, 4.69) is 5.32 Å². The van der Waals surface area contributed by atoms with Crippen molar-refractivity contribution in [1.29, 1.82) is 0 Å². The molecular formula is C22H27NO7. The number of hydrogen-bond donors (Lipinski definition) is 5. The van der Waals surface area contributed by atoms with Crippen molar-refractivity contribution < 1.29 is 34.6 Å². The van der Waals surface area contributed by atoms with E-state index in [1.54, 1.807) is 19.2 Å². The molecule has 8 nitrogen and oxygen atoms in total. The fourth-order valence-corrected chi connectivity index (χ4v) is 3.96. The second-order valence-corrected chi connectivity index (χ2v) is 7.70. The van der Waals surface area contributed by atoms with Crippen molar-refractivity contribution in [2.24, 2.45) is 0 Å². The molecular weight excluding hydrogens is 390 g/mol. The van der Waals surface area contributed by atoms with E-state index in [0.717, 1.165) is 36.1 Å². The molecule has 0 aromatic heterocycles. The second-order valence-electron chi connectivity index (χ2n) is 7.70. The number of fused-ring (bicyclic) bond motifs is 1. The Bertz CT molecular complexity index is 873. The lowest BCUT2D eigenvalue weighted by molar-refractivity contribution is -0.242. The van der Waals surface area contributed by atoms with Crippen LogP contribution in [0.4, 0.5) is 0 Å². The molecule has 1 unspecified atom stereocenters. The predicted octanol–water partition coefficient (Wildman–Crippen LogP) is 0.648. The third kappa shape index (κ3) is 4.23. The molecule has 2 aromatic rings. The molecule has 1 saturated heterocycles. The van der Waals surface area contributed by atoms with Crippen LogP contribution >= 0.6 is 0 Å². The number of phenols is 1. The van der Waals surface area contributed by atoms with E-state index in [0.29, 0.717) is 11.5 Å². The van der Waals surface area contributed by atoms with E-state index in [1.807, 2.05) is 24.3 Å². The van der Waals surface area contributed by atoms with Crippen LogP contribution in [0.5, 0.6) is 17.2 Å². The Kier molecular flexibility index (Phi) is 6.12. The molecule has 4 rings (SSSR count). The minimum Gasteiger partial charge on any atom is -0.508 e. The van der Waals surface area contributed by atoms with Gasteiger partial charge in [0.2, 0.25) is 6.29 Å². The van der Waals surface area contributed by atoms with Crippen LogP contribution in [-0.2, 0) is 17.6 Å². The first kappa shape index (κ1) is 20.9. The summed E-state index contributed by atoms with van der Waals surface area (Å²) in [7, 11) is 1.54. The lowest BCUT2D eigenvalue weighted by Crippen LogP contribution is -2.54. The van der Waals surface area contributed by atoms with Gasteiger partial charge in [-0.05, 0) is 60.3 Å². The van der Waals surface area contributed by atoms with Gasteiger partial charge in [-0.2, -0.15) is 0 Å². The van der Waals surface area contributed by atoms with Gasteiger partial charge < -0.3 is 40.0 Å². The van der Waals surface area contributed by atoms with Crippen molar-refractivity contribution in [2.75, 3.05) is 20.3 Å². The zero-order valence-electron chi connectivity index (χ0n) is 16.7. The third-order valence-electron chi connectivity index (χ3n) is 5.66. The van der Waals surface area contributed by atoms with Crippen molar-refractivity contribution in [2.45, 2.75) is 43.5 Å². The normalized spacial score (nSPS) is 28.6. The minimum absolute atomic E-state index is 0.0381. The first-order chi connectivity index (χ1) is 14.5. The lowest BCUT2D eigenvalue weighted by atomic mass is 9.90. The third-order valence-corrected chi connectivity index (χ3v) is 5.66. The zero-order valence-corrected chi connectivity index (χ0v) is 16.7. The Hall–Kier alpha value is -2.36. The van der Waals surface area contributed by atoms with Crippen molar-refractivity contribution in [3.63, 3.8) is 0 Å². The van der Waals surface area contributed by atoms with Crippen LogP contribution in [0.1, 0.15) is 22.7 Å². The van der Waals surface area contributed by atoms with Crippen molar-refractivity contribution >= 4 is 0 Å². The van der Waals surface area contributed by atoms with Gasteiger partial charge in [-0.3, -0.25) is 0 Å². The summed E-state index contributed by atoms with van der Waals surface area (Å²) in [6.45, 7) is 0.689. The molecule has 5 atom stereocenters. The molecule has 0 bridgehead atoms. The molecule has 1 fully saturated rings. The molecule has 30 heavy (non-hydrogen) atoms. The minimum atomic E-state index is -1.39. The van der Waals surface area contributed by atoms with Crippen LogP contribution in [0, 0.1) is 0 Å².